The Hall–Kier alpha value is -2.99. The monoisotopic (exact) mass is 398 g/mol. The highest BCUT2D eigenvalue weighted by Gasteiger charge is 2.43. The molecule has 0 heterocycles. The van der Waals surface area contributed by atoms with E-state index in [1.165, 1.54) is 20.8 Å². The van der Waals surface area contributed by atoms with Crippen molar-refractivity contribution in [3.05, 3.63) is 37.9 Å². The van der Waals surface area contributed by atoms with Crippen molar-refractivity contribution in [2.45, 2.75) is 38.5 Å². The topological polar surface area (TPSA) is 122 Å². The first-order chi connectivity index (χ1) is 12.2. The molecule has 27 heavy (non-hydrogen) atoms. The van der Waals surface area contributed by atoms with Crippen LogP contribution in [0, 0.1) is 20.2 Å². The first kappa shape index (κ1) is 22.1. The highest BCUT2D eigenvalue weighted by Crippen LogP contribution is 2.41. The third-order valence-electron chi connectivity index (χ3n) is 3.16. The smallest absolute Gasteiger partial charge is 0.427 e. The molecule has 0 aliphatic heterocycles. The van der Waals surface area contributed by atoms with Crippen molar-refractivity contribution in [3.8, 4) is 5.75 Å². The SMILES string of the molecule is CC(C)(C)c1cc([N+](=O)[O-])cc([N+](=O)[O-])c1OC(=O)OCC(F)(F)C(F)F. The van der Waals surface area contributed by atoms with E-state index < -0.39 is 57.5 Å². The first-order valence-corrected chi connectivity index (χ1v) is 7.14. The summed E-state index contributed by atoms with van der Waals surface area (Å²) in [5.41, 5.74) is -2.84. The average Bonchev–Trinajstić information content (AvgIpc) is 2.51. The van der Waals surface area contributed by atoms with E-state index in [0.29, 0.717) is 6.07 Å². The molecule has 0 fully saturated rings. The zero-order chi connectivity index (χ0) is 21.2. The second-order valence-electron chi connectivity index (χ2n) is 6.31. The Morgan fingerprint density at radius 3 is 2.11 bits per heavy atom. The largest absolute Gasteiger partial charge is 0.514 e. The van der Waals surface area contributed by atoms with Crippen molar-refractivity contribution >= 4 is 17.5 Å². The van der Waals surface area contributed by atoms with Gasteiger partial charge in [0.15, 0.2) is 6.61 Å². The molecule has 1 aromatic rings. The van der Waals surface area contributed by atoms with Gasteiger partial charge < -0.3 is 9.47 Å². The lowest BCUT2D eigenvalue weighted by Gasteiger charge is -2.22. The van der Waals surface area contributed by atoms with Crippen molar-refractivity contribution in [2.24, 2.45) is 0 Å². The fourth-order valence-electron chi connectivity index (χ4n) is 1.84. The third-order valence-corrected chi connectivity index (χ3v) is 3.16. The van der Waals surface area contributed by atoms with E-state index >= 15 is 0 Å². The van der Waals surface area contributed by atoms with E-state index in [1.54, 1.807) is 0 Å². The number of ether oxygens (including phenoxy) is 2. The predicted octanol–water partition coefficient (Wildman–Crippen LogP) is 4.22. The molecule has 9 nitrogen and oxygen atoms in total. The van der Waals surface area contributed by atoms with E-state index in [-0.39, 0.29) is 5.56 Å². The highest BCUT2D eigenvalue weighted by atomic mass is 19.3. The molecule has 0 bridgehead atoms. The molecule has 0 saturated carbocycles. The van der Waals surface area contributed by atoms with Crippen molar-refractivity contribution in [1.29, 1.82) is 0 Å². The fourth-order valence-corrected chi connectivity index (χ4v) is 1.84. The molecule has 0 saturated heterocycles. The number of carbonyl (C=O) groups excluding carboxylic acids is 1. The van der Waals surface area contributed by atoms with Crippen molar-refractivity contribution in [1.82, 2.24) is 0 Å². The van der Waals surface area contributed by atoms with Crippen LogP contribution < -0.4 is 4.74 Å². The van der Waals surface area contributed by atoms with E-state index in [1.807, 2.05) is 0 Å². The lowest BCUT2D eigenvalue weighted by atomic mass is 9.85. The summed E-state index contributed by atoms with van der Waals surface area (Å²) in [5.74, 6) is -5.42. The standard InChI is InChI=1S/C14H14F4N2O7/c1-13(2,3)8-4-7(19(22)23)5-9(20(24)25)10(8)27-12(21)26-6-14(17,18)11(15)16/h4-5,11H,6H2,1-3H3. The molecule has 150 valence electrons. The summed E-state index contributed by atoms with van der Waals surface area (Å²) in [6.07, 6.45) is -6.01. The summed E-state index contributed by atoms with van der Waals surface area (Å²) in [4.78, 5) is 31.7. The van der Waals surface area contributed by atoms with Gasteiger partial charge in [-0.15, -0.1) is 0 Å². The van der Waals surface area contributed by atoms with Crippen LogP contribution in [-0.2, 0) is 10.2 Å². The van der Waals surface area contributed by atoms with E-state index in [2.05, 4.69) is 9.47 Å². The van der Waals surface area contributed by atoms with Crippen molar-refractivity contribution in [3.63, 3.8) is 0 Å². The van der Waals surface area contributed by atoms with Crippen LogP contribution in [0.5, 0.6) is 5.75 Å². The van der Waals surface area contributed by atoms with Gasteiger partial charge >= 0.3 is 24.2 Å². The molecule has 0 aromatic heterocycles. The summed E-state index contributed by atoms with van der Waals surface area (Å²) in [5, 5.41) is 22.2. The van der Waals surface area contributed by atoms with Gasteiger partial charge in [-0.05, 0) is 5.41 Å². The van der Waals surface area contributed by atoms with Crippen LogP contribution in [0.2, 0.25) is 0 Å². The summed E-state index contributed by atoms with van der Waals surface area (Å²) in [6, 6.07) is 1.41. The Morgan fingerprint density at radius 1 is 1.15 bits per heavy atom. The number of nitrogens with zero attached hydrogens (tertiary/aromatic N) is 2. The van der Waals surface area contributed by atoms with Gasteiger partial charge in [-0.1, -0.05) is 20.8 Å². The quantitative estimate of drug-likeness (QED) is 0.231. The number of rotatable bonds is 6. The van der Waals surface area contributed by atoms with Gasteiger partial charge in [0.1, 0.15) is 0 Å². The van der Waals surface area contributed by atoms with Gasteiger partial charge in [0.05, 0.1) is 15.9 Å². The number of nitro benzene ring substituents is 2. The zero-order valence-electron chi connectivity index (χ0n) is 14.2. The molecule has 1 rings (SSSR count). The maximum atomic E-state index is 12.8. The minimum Gasteiger partial charge on any atom is -0.427 e. The number of hydrogen-bond acceptors (Lipinski definition) is 7. The molecule has 13 heteroatoms. The summed E-state index contributed by atoms with van der Waals surface area (Å²) >= 11 is 0. The van der Waals surface area contributed by atoms with E-state index in [4.69, 9.17) is 0 Å². The van der Waals surface area contributed by atoms with Crippen LogP contribution in [0.4, 0.5) is 33.7 Å². The molecule has 0 aliphatic rings. The lowest BCUT2D eigenvalue weighted by Crippen LogP contribution is -2.34. The van der Waals surface area contributed by atoms with Gasteiger partial charge in [0, 0.05) is 11.6 Å². The van der Waals surface area contributed by atoms with Crippen LogP contribution in [0.3, 0.4) is 0 Å². The average molecular weight is 398 g/mol. The number of alkyl halides is 4. The molecule has 0 amide bonds. The van der Waals surface area contributed by atoms with Gasteiger partial charge in [-0.25, -0.2) is 13.6 Å². The van der Waals surface area contributed by atoms with Gasteiger partial charge in [0.2, 0.25) is 5.75 Å². The fraction of sp³-hybridized carbons (Fsp3) is 0.500. The van der Waals surface area contributed by atoms with Crippen LogP contribution in [0.25, 0.3) is 0 Å². The number of hydrogen-bond donors (Lipinski definition) is 0. The second kappa shape index (κ2) is 7.72. The van der Waals surface area contributed by atoms with Gasteiger partial charge in [-0.3, -0.25) is 20.2 Å². The maximum Gasteiger partial charge on any atom is 0.514 e. The number of nitro groups is 2. The number of halogens is 4. The molecule has 0 aliphatic carbocycles. The van der Waals surface area contributed by atoms with Gasteiger partial charge in [-0.2, -0.15) is 8.78 Å². The van der Waals surface area contributed by atoms with Crippen LogP contribution in [0.1, 0.15) is 26.3 Å². The predicted molar refractivity (Wildman–Crippen MR) is 81.4 cm³/mol. The summed E-state index contributed by atoms with van der Waals surface area (Å²) < 4.78 is 58.2. The molecular weight excluding hydrogens is 384 g/mol. The second-order valence-corrected chi connectivity index (χ2v) is 6.31. The Kier molecular flexibility index (Phi) is 6.30. The molecular formula is C14H14F4N2O7. The van der Waals surface area contributed by atoms with Gasteiger partial charge in [0.25, 0.3) is 5.69 Å². The third kappa shape index (κ3) is 5.49. The number of carbonyl (C=O) groups is 1. The number of benzene rings is 1. The first-order valence-electron chi connectivity index (χ1n) is 7.14. The molecule has 1 aromatic carbocycles. The molecule has 0 atom stereocenters. The lowest BCUT2D eigenvalue weighted by molar-refractivity contribution is -0.394. The Labute approximate surface area is 149 Å². The normalized spacial score (nSPS) is 12.0. The van der Waals surface area contributed by atoms with Crippen LogP contribution >= 0.6 is 0 Å². The summed E-state index contributed by atoms with van der Waals surface area (Å²) in [6.45, 7) is 2.44. The highest BCUT2D eigenvalue weighted by molar-refractivity contribution is 5.70. The Morgan fingerprint density at radius 2 is 1.70 bits per heavy atom. The Bertz CT molecular complexity index is 763. The Balaban J connectivity index is 3.31. The molecule has 0 N–H and O–H groups in total. The van der Waals surface area contributed by atoms with Crippen LogP contribution in [-0.4, -0.2) is 35.0 Å². The summed E-state index contributed by atoms with van der Waals surface area (Å²) in [7, 11) is 0. The molecule has 0 spiro atoms. The van der Waals surface area contributed by atoms with Crippen molar-refractivity contribution in [2.75, 3.05) is 6.61 Å². The van der Waals surface area contributed by atoms with E-state index in [9.17, 15) is 42.6 Å². The van der Waals surface area contributed by atoms with E-state index in [0.717, 1.165) is 6.07 Å². The van der Waals surface area contributed by atoms with Crippen LogP contribution in [0.15, 0.2) is 12.1 Å². The van der Waals surface area contributed by atoms with Crippen molar-refractivity contribution < 1.29 is 41.7 Å². The molecule has 0 unspecified atom stereocenters. The number of non-ortho nitro benzene ring substituents is 1. The minimum atomic E-state index is -4.65. The minimum absolute atomic E-state index is 0.166. The zero-order valence-corrected chi connectivity index (χ0v) is 14.2. The molecule has 0 radical (unpaired) electrons. The maximum absolute atomic E-state index is 12.8.